The molecule has 0 aliphatic heterocycles. The van der Waals surface area contributed by atoms with Gasteiger partial charge in [0, 0.05) is 58.1 Å². The minimum absolute atomic E-state index is 0.0224. The Hall–Kier alpha value is -4.08. The zero-order valence-electron chi connectivity index (χ0n) is 23.9. The van der Waals surface area contributed by atoms with Crippen molar-refractivity contribution >= 4 is 40.3 Å². The average Bonchev–Trinajstić information content (AvgIpc) is 3.68. The highest BCUT2D eigenvalue weighted by Crippen LogP contribution is 2.47. The minimum atomic E-state index is -1.11. The van der Waals surface area contributed by atoms with Gasteiger partial charge in [-0.15, -0.1) is 12.3 Å². The first-order valence-electron chi connectivity index (χ1n) is 14.4. The summed E-state index contributed by atoms with van der Waals surface area (Å²) in [4.78, 5) is 31.5. The van der Waals surface area contributed by atoms with Gasteiger partial charge >= 0.3 is 5.97 Å². The highest BCUT2D eigenvalue weighted by molar-refractivity contribution is 6.34. The van der Waals surface area contributed by atoms with E-state index in [4.69, 9.17) is 18.0 Å². The third kappa shape index (κ3) is 5.67. The van der Waals surface area contributed by atoms with Crippen LogP contribution in [0.15, 0.2) is 36.5 Å². The molecule has 5 nitrogen and oxygen atoms in total. The van der Waals surface area contributed by atoms with Crippen molar-refractivity contribution in [3.05, 3.63) is 75.3 Å². The molecule has 0 amide bonds. The molecular formula is C35H34ClFN2O3. The summed E-state index contributed by atoms with van der Waals surface area (Å²) >= 11 is 6.77. The number of hydrogen-bond acceptors (Lipinski definition) is 2. The second-order valence-corrected chi connectivity index (χ2v) is 11.6. The highest BCUT2D eigenvalue weighted by atomic mass is 35.5. The lowest BCUT2D eigenvalue weighted by atomic mass is 9.87. The molecule has 2 heterocycles. The summed E-state index contributed by atoms with van der Waals surface area (Å²) in [5, 5.41) is 11.6. The number of aromatic amines is 2. The van der Waals surface area contributed by atoms with Crippen LogP contribution < -0.4 is 0 Å². The van der Waals surface area contributed by atoms with E-state index in [0.29, 0.717) is 65.0 Å². The second kappa shape index (κ2) is 12.4. The summed E-state index contributed by atoms with van der Waals surface area (Å²) in [6.45, 7) is 4.00. The summed E-state index contributed by atoms with van der Waals surface area (Å²) in [5.74, 6) is 1.16. The maximum absolute atomic E-state index is 15.1. The molecule has 0 bridgehead atoms. The molecule has 42 heavy (non-hydrogen) atoms. The van der Waals surface area contributed by atoms with Crippen molar-refractivity contribution in [2.75, 3.05) is 0 Å². The van der Waals surface area contributed by atoms with Crippen molar-refractivity contribution < 1.29 is 19.1 Å². The number of allylic oxidation sites excluding steroid dienone is 1. The number of halogens is 2. The monoisotopic (exact) mass is 584 g/mol. The molecule has 0 saturated heterocycles. The molecule has 0 unspecified atom stereocenters. The molecule has 1 aliphatic carbocycles. The molecule has 5 rings (SSSR count). The number of fused-ring (bicyclic) bond motifs is 2. The molecule has 2 aromatic heterocycles. The van der Waals surface area contributed by atoms with E-state index in [0.717, 1.165) is 46.9 Å². The molecule has 2 aromatic carbocycles. The smallest absolute Gasteiger partial charge is 0.352 e. The number of aromatic nitrogens is 2. The number of nitrogens with one attached hydrogen (secondary N) is 2. The fourth-order valence-electron chi connectivity index (χ4n) is 6.13. The number of terminal acetylenes is 1. The number of aryl methyl sites for hydroxylation is 1. The number of carbonyl (C=O) groups is 2. The van der Waals surface area contributed by atoms with Crippen molar-refractivity contribution in [1.29, 1.82) is 0 Å². The molecule has 1 aliphatic rings. The first-order chi connectivity index (χ1) is 20.2. The Balaban J connectivity index is 1.60. The maximum atomic E-state index is 15.1. The molecular weight excluding hydrogens is 551 g/mol. The van der Waals surface area contributed by atoms with Crippen molar-refractivity contribution in [2.45, 2.75) is 71.1 Å². The highest BCUT2D eigenvalue weighted by Gasteiger charge is 2.30. The summed E-state index contributed by atoms with van der Waals surface area (Å²) in [5.41, 5.74) is 6.69. The van der Waals surface area contributed by atoms with Gasteiger partial charge in [-0.1, -0.05) is 43.7 Å². The minimum Gasteiger partial charge on any atom is -0.477 e. The number of benzene rings is 2. The lowest BCUT2D eigenvalue weighted by Crippen LogP contribution is -2.02. The predicted octanol–water partition coefficient (Wildman–Crippen LogP) is 9.10. The van der Waals surface area contributed by atoms with Crippen LogP contribution >= 0.6 is 11.6 Å². The van der Waals surface area contributed by atoms with Crippen molar-refractivity contribution in [1.82, 2.24) is 9.97 Å². The number of H-pyrrole nitrogens is 2. The quantitative estimate of drug-likeness (QED) is 0.115. The van der Waals surface area contributed by atoms with Crippen molar-refractivity contribution in [3.63, 3.8) is 0 Å². The number of carbonyl (C=O) groups excluding carboxylic acids is 1. The fourth-order valence-corrected chi connectivity index (χ4v) is 6.39. The predicted molar refractivity (Wildman–Crippen MR) is 168 cm³/mol. The lowest BCUT2D eigenvalue weighted by molar-refractivity contribution is -0.119. The number of hydrogen-bond donors (Lipinski definition) is 3. The average molecular weight is 585 g/mol. The molecule has 216 valence electrons. The topological polar surface area (TPSA) is 86.0 Å². The molecule has 0 saturated carbocycles. The van der Waals surface area contributed by atoms with Crippen LogP contribution in [0.4, 0.5) is 4.39 Å². The van der Waals surface area contributed by atoms with Crippen LogP contribution in [-0.4, -0.2) is 26.8 Å². The zero-order valence-corrected chi connectivity index (χ0v) is 24.6. The Morgan fingerprint density at radius 1 is 1.14 bits per heavy atom. The summed E-state index contributed by atoms with van der Waals surface area (Å²) in [7, 11) is 0. The number of Topliss-reactive ketones (excluding diaryl/α,β-unsaturated/α-hetero) is 1. The van der Waals surface area contributed by atoms with Gasteiger partial charge in [-0.3, -0.25) is 4.79 Å². The van der Waals surface area contributed by atoms with Gasteiger partial charge in [-0.2, -0.15) is 0 Å². The van der Waals surface area contributed by atoms with Crippen LogP contribution in [0.5, 0.6) is 0 Å². The largest absolute Gasteiger partial charge is 0.477 e. The van der Waals surface area contributed by atoms with Gasteiger partial charge in [0.2, 0.25) is 0 Å². The lowest BCUT2D eigenvalue weighted by Gasteiger charge is -2.16. The molecule has 0 atom stereocenters. The zero-order chi connectivity index (χ0) is 30.0. The fraction of sp³-hybridized carbons (Fsp3) is 0.314. The normalized spacial score (nSPS) is 12.3. The summed E-state index contributed by atoms with van der Waals surface area (Å²) in [6, 6.07) is 6.68. The molecule has 0 radical (unpaired) electrons. The standard InChI is InChI=1S/C35H34ClFN2O3/c1-4-5-6-7-12-24(40)13-8-11-22-19-38-28-18-23(37)17-26(30(22)28)33-29(20(2)3)32(34(39-33)35(41)42)31-25-14-9-10-21(25)15-16-27(31)36/h1,9,14-20,38-39H,5-8,10-13H2,2-3H3,(H,41,42). The van der Waals surface area contributed by atoms with Crippen molar-refractivity contribution in [2.24, 2.45) is 0 Å². The Kier molecular flexibility index (Phi) is 8.70. The number of aromatic carboxylic acids is 1. The molecule has 0 spiro atoms. The van der Waals surface area contributed by atoms with Gasteiger partial charge in [-0.25, -0.2) is 9.18 Å². The van der Waals surface area contributed by atoms with Crippen LogP contribution in [0.25, 0.3) is 39.4 Å². The number of rotatable bonds is 12. The number of carboxylic acid groups (broad SMARTS) is 1. The number of ketones is 1. The molecule has 7 heteroatoms. The molecule has 3 N–H and O–H groups in total. The number of carboxylic acids is 1. The van der Waals surface area contributed by atoms with E-state index in [-0.39, 0.29) is 17.4 Å². The Bertz CT molecular complexity index is 1750. The van der Waals surface area contributed by atoms with E-state index in [1.54, 1.807) is 0 Å². The van der Waals surface area contributed by atoms with E-state index in [2.05, 4.69) is 15.9 Å². The van der Waals surface area contributed by atoms with Crippen molar-refractivity contribution in [3.8, 4) is 34.7 Å². The second-order valence-electron chi connectivity index (χ2n) is 11.2. The van der Waals surface area contributed by atoms with Gasteiger partial charge in [0.15, 0.2) is 0 Å². The molecule has 0 fully saturated rings. The van der Waals surface area contributed by atoms with E-state index in [1.165, 1.54) is 12.1 Å². The van der Waals surface area contributed by atoms with Crippen LogP contribution in [0, 0.1) is 18.2 Å². The Morgan fingerprint density at radius 3 is 2.67 bits per heavy atom. The van der Waals surface area contributed by atoms with Gasteiger partial charge in [0.1, 0.15) is 17.3 Å². The van der Waals surface area contributed by atoms with Crippen LogP contribution in [-0.2, 0) is 17.6 Å². The van der Waals surface area contributed by atoms with Crippen LogP contribution in [0.2, 0.25) is 5.02 Å². The third-order valence-corrected chi connectivity index (χ3v) is 8.33. The van der Waals surface area contributed by atoms with Gasteiger partial charge < -0.3 is 15.1 Å². The first kappa shape index (κ1) is 29.4. The maximum Gasteiger partial charge on any atom is 0.352 e. The Labute approximate surface area is 250 Å². The van der Waals surface area contributed by atoms with E-state index in [1.807, 2.05) is 44.3 Å². The first-order valence-corrected chi connectivity index (χ1v) is 14.8. The SMILES string of the molecule is C#CCCCCC(=O)CCCc1c[nH]c2cc(F)cc(-c3[nH]c(C(=O)O)c(-c4c(Cl)ccc5c4C=CC5)c3C(C)C)c12. The Morgan fingerprint density at radius 2 is 1.93 bits per heavy atom. The van der Waals surface area contributed by atoms with Gasteiger partial charge in [0.05, 0.1) is 5.69 Å². The van der Waals surface area contributed by atoms with E-state index < -0.39 is 11.8 Å². The van der Waals surface area contributed by atoms with Gasteiger partial charge in [0.25, 0.3) is 0 Å². The van der Waals surface area contributed by atoms with Crippen LogP contribution in [0.3, 0.4) is 0 Å². The van der Waals surface area contributed by atoms with Crippen LogP contribution in [0.1, 0.15) is 91.0 Å². The molecule has 4 aromatic rings. The summed E-state index contributed by atoms with van der Waals surface area (Å²) < 4.78 is 15.1. The van der Waals surface area contributed by atoms with E-state index >= 15 is 4.39 Å². The third-order valence-electron chi connectivity index (χ3n) is 8.01. The number of unbranched alkanes of at least 4 members (excludes halogenated alkanes) is 2. The van der Waals surface area contributed by atoms with Gasteiger partial charge in [-0.05, 0) is 78.5 Å². The van der Waals surface area contributed by atoms with E-state index in [9.17, 15) is 14.7 Å². The summed E-state index contributed by atoms with van der Waals surface area (Å²) in [6.07, 6.45) is 16.5.